The number of urea groups is 1. The number of aryl methyl sites for hydroxylation is 1. The highest BCUT2D eigenvalue weighted by Crippen LogP contribution is 2.43. The van der Waals surface area contributed by atoms with Crippen molar-refractivity contribution < 1.29 is 33.4 Å². The van der Waals surface area contributed by atoms with E-state index in [1.54, 1.807) is 24.0 Å². The van der Waals surface area contributed by atoms with Crippen molar-refractivity contribution in [2.75, 3.05) is 78.5 Å². The summed E-state index contributed by atoms with van der Waals surface area (Å²) in [5, 5.41) is 8.20. The SMILES string of the molecule is C=CC(=O)N1CCN(C(=O)N(C)[C@H](C(=O)N[C@H]2Cc3nc(cs3)-c3ccc4c(c3)c(c(-c3cc(N5CCN(C)CC5)cnc3[C@H](C)OC)n4CC)CC(C)(C)COC(=O)[C@@H]3CCCN(N3)C2=O)C(C)C)[C@@H]2CC[C@@H]21. The van der Waals surface area contributed by atoms with Crippen molar-refractivity contribution in [2.45, 2.75) is 123 Å². The summed E-state index contributed by atoms with van der Waals surface area (Å²) in [5.74, 6) is -1.82. The van der Waals surface area contributed by atoms with Gasteiger partial charge in [0.15, 0.2) is 0 Å². The number of nitrogens with zero attached hydrogens (tertiary/aromatic N) is 9. The molecule has 1 saturated carbocycles. The second-order valence-electron chi connectivity index (χ2n) is 22.0. The molecule has 19 heteroatoms. The summed E-state index contributed by atoms with van der Waals surface area (Å²) in [6.45, 7) is 21.4. The van der Waals surface area contributed by atoms with Crippen LogP contribution in [0.4, 0.5) is 10.5 Å². The molecule has 74 heavy (non-hydrogen) atoms. The Balaban J connectivity index is 1.08. The third-order valence-electron chi connectivity index (χ3n) is 16.0. The van der Waals surface area contributed by atoms with Crippen LogP contribution in [0, 0.1) is 11.3 Å². The third kappa shape index (κ3) is 10.4. The molecule has 7 heterocycles. The number of aromatic nitrogens is 3. The normalized spacial score (nSPS) is 23.4. The number of likely N-dealkylation sites (N-methyl/N-ethyl adjacent to an activating group) is 2. The molecule has 0 unspecified atom stereocenters. The van der Waals surface area contributed by atoms with E-state index in [1.165, 1.54) is 27.3 Å². The van der Waals surface area contributed by atoms with Gasteiger partial charge in [-0.25, -0.2) is 15.2 Å². The average molecular weight is 1030 g/mol. The van der Waals surface area contributed by atoms with Crippen molar-refractivity contribution in [2.24, 2.45) is 11.3 Å². The van der Waals surface area contributed by atoms with Crippen molar-refractivity contribution in [3.8, 4) is 22.5 Å². The average Bonchev–Trinajstić information content (AvgIpc) is 3.98. The number of carbonyl (C=O) groups is 5. The van der Waals surface area contributed by atoms with Crippen molar-refractivity contribution in [3.63, 3.8) is 0 Å². The fourth-order valence-corrected chi connectivity index (χ4v) is 12.6. The second kappa shape index (κ2) is 21.8. The van der Waals surface area contributed by atoms with E-state index >= 15 is 0 Å². The minimum absolute atomic E-state index is 0.0726. The number of hydrazine groups is 1. The molecular weight excluding hydrogens is 959 g/mol. The number of nitrogens with one attached hydrogen (secondary N) is 2. The number of benzene rings is 1. The van der Waals surface area contributed by atoms with Crippen LogP contribution in [-0.2, 0) is 48.0 Å². The molecule has 398 valence electrons. The zero-order chi connectivity index (χ0) is 52.7. The number of hydrogen-bond donors (Lipinski definition) is 2. The molecule has 0 spiro atoms. The van der Waals surface area contributed by atoms with Crippen LogP contribution in [0.15, 0.2) is 48.5 Å². The number of fused-ring (bicyclic) bond motifs is 7. The molecule has 4 aromatic rings. The Bertz CT molecular complexity index is 2780. The highest BCUT2D eigenvalue weighted by atomic mass is 32.1. The molecule has 18 nitrogen and oxygen atoms in total. The molecule has 4 fully saturated rings. The Hall–Kier alpha value is -5.89. The van der Waals surface area contributed by atoms with E-state index in [-0.39, 0.29) is 49.1 Å². The maximum atomic E-state index is 14.8. The number of thiazole rings is 1. The standard InChI is InChI=1S/C55H75N11O7S/c1-11-47(67)64-24-25-65(45-18-17-44(45)64)54(71)61(9)49(33(3)4)51(68)58-41-28-46-57-42(31-74-46)35-15-16-43-37(26-35)39(29-55(6,7)32-73-53(70)40-14-13-19-66(59-40)52(41)69)50(63(43)12-2)38-27-36(30-56-48(38)34(5)72-10)62-22-20-60(8)21-23-62/h11,15-16,26-27,30-31,33-34,40-41,44-45,49,59H,1,12-14,17-25,28-29,32H2,2-10H3,(H,58,68)/t34-,40-,41-,44-,45+,49-/m0/s1. The van der Waals surface area contributed by atoms with E-state index in [2.05, 4.69) is 83.8 Å². The van der Waals surface area contributed by atoms with Gasteiger partial charge in [0.25, 0.3) is 5.91 Å². The van der Waals surface area contributed by atoms with Crippen molar-refractivity contribution in [1.29, 1.82) is 0 Å². The molecule has 3 saturated heterocycles. The summed E-state index contributed by atoms with van der Waals surface area (Å²) in [5.41, 5.74) is 10.4. The van der Waals surface area contributed by atoms with Crippen LogP contribution in [0.5, 0.6) is 0 Å². The molecule has 0 radical (unpaired) electrons. The number of methoxy groups -OCH3 is 1. The van der Waals surface area contributed by atoms with E-state index in [1.807, 2.05) is 32.3 Å². The smallest absolute Gasteiger partial charge is 0.324 e. The van der Waals surface area contributed by atoms with Crippen LogP contribution < -0.4 is 15.6 Å². The predicted octanol–water partition coefficient (Wildman–Crippen LogP) is 5.89. The Labute approximate surface area is 439 Å². The van der Waals surface area contributed by atoms with Gasteiger partial charge in [0.2, 0.25) is 11.8 Å². The first kappa shape index (κ1) is 53.0. The minimum atomic E-state index is -1.09. The number of anilines is 1. The lowest BCUT2D eigenvalue weighted by atomic mass is 9.81. The lowest BCUT2D eigenvalue weighted by Gasteiger charge is -2.54. The summed E-state index contributed by atoms with van der Waals surface area (Å²) >= 11 is 1.42. The van der Waals surface area contributed by atoms with Gasteiger partial charge in [0, 0.05) is 106 Å². The van der Waals surface area contributed by atoms with Crippen molar-refractivity contribution in [3.05, 3.63) is 64.8 Å². The molecule has 6 bridgehead atoms. The van der Waals surface area contributed by atoms with Crippen LogP contribution >= 0.6 is 11.3 Å². The van der Waals surface area contributed by atoms with Gasteiger partial charge in [-0.15, -0.1) is 11.3 Å². The summed E-state index contributed by atoms with van der Waals surface area (Å²) in [6.07, 6.45) is 6.19. The first-order chi connectivity index (χ1) is 35.4. The van der Waals surface area contributed by atoms with E-state index in [9.17, 15) is 24.0 Å². The summed E-state index contributed by atoms with van der Waals surface area (Å²) in [4.78, 5) is 90.7. The lowest BCUT2D eigenvalue weighted by molar-refractivity contribution is -0.155. The number of amides is 5. The number of cyclic esters (lactones) is 1. The van der Waals surface area contributed by atoms with E-state index in [0.29, 0.717) is 50.4 Å². The Kier molecular flexibility index (Phi) is 15.6. The van der Waals surface area contributed by atoms with Crippen LogP contribution in [-0.4, -0.2) is 173 Å². The third-order valence-corrected chi connectivity index (χ3v) is 16.9. The number of carbonyl (C=O) groups excluding carboxylic acids is 5. The van der Waals surface area contributed by atoms with Gasteiger partial charge in [-0.3, -0.25) is 29.2 Å². The fraction of sp³-hybridized carbons (Fsp3) is 0.582. The highest BCUT2D eigenvalue weighted by molar-refractivity contribution is 7.10. The fourth-order valence-electron chi connectivity index (χ4n) is 11.7. The maximum absolute atomic E-state index is 14.8. The summed E-state index contributed by atoms with van der Waals surface area (Å²) in [7, 11) is 5.50. The van der Waals surface area contributed by atoms with Gasteiger partial charge in [-0.05, 0) is 88.8 Å². The minimum Gasteiger partial charge on any atom is -0.464 e. The topological polar surface area (TPSA) is 178 Å². The van der Waals surface area contributed by atoms with E-state index in [4.69, 9.17) is 19.4 Å². The Morgan fingerprint density at radius 2 is 1.76 bits per heavy atom. The number of ether oxygens (including phenoxy) is 2. The van der Waals surface area contributed by atoms with Gasteiger partial charge in [0.1, 0.15) is 18.1 Å². The first-order valence-electron chi connectivity index (χ1n) is 26.5. The molecule has 6 atom stereocenters. The largest absolute Gasteiger partial charge is 0.464 e. The molecule has 1 aliphatic carbocycles. The predicted molar refractivity (Wildman–Crippen MR) is 286 cm³/mol. The number of pyridine rings is 1. The number of hydrogen-bond acceptors (Lipinski definition) is 13. The molecule has 2 N–H and O–H groups in total. The number of piperazine rings is 2. The van der Waals surface area contributed by atoms with Gasteiger partial charge >= 0.3 is 12.0 Å². The number of rotatable bonds is 10. The van der Waals surface area contributed by atoms with Crippen molar-refractivity contribution >= 4 is 57.6 Å². The Morgan fingerprint density at radius 3 is 2.45 bits per heavy atom. The monoisotopic (exact) mass is 1030 g/mol. The molecular formula is C55H75N11O7S. The van der Waals surface area contributed by atoms with E-state index < -0.39 is 41.3 Å². The molecule has 5 aliphatic rings. The second-order valence-corrected chi connectivity index (χ2v) is 22.9. The van der Waals surface area contributed by atoms with Gasteiger partial charge in [-0.2, -0.15) is 0 Å². The zero-order valence-electron chi connectivity index (χ0n) is 44.7. The zero-order valence-corrected chi connectivity index (χ0v) is 45.5. The van der Waals surface area contributed by atoms with Crippen molar-refractivity contribution in [1.82, 2.24) is 49.9 Å². The Morgan fingerprint density at radius 1 is 1.03 bits per heavy atom. The van der Waals surface area contributed by atoms with Crippen LogP contribution in [0.1, 0.15) is 89.6 Å². The van der Waals surface area contributed by atoms with Gasteiger partial charge in [-0.1, -0.05) is 40.3 Å². The quantitative estimate of drug-likeness (QED) is 0.143. The first-order valence-corrected chi connectivity index (χ1v) is 27.4. The summed E-state index contributed by atoms with van der Waals surface area (Å²) < 4.78 is 14.6. The summed E-state index contributed by atoms with van der Waals surface area (Å²) in [6, 6.07) is 5.36. The number of esters is 1. The lowest BCUT2D eigenvalue weighted by Crippen LogP contribution is -2.69. The van der Waals surface area contributed by atoms with Crippen LogP contribution in [0.2, 0.25) is 0 Å². The maximum Gasteiger partial charge on any atom is 0.324 e. The molecule has 5 amide bonds. The van der Waals surface area contributed by atoms with Gasteiger partial charge in [0.05, 0.1) is 58.8 Å². The molecule has 9 rings (SSSR count). The van der Waals surface area contributed by atoms with Gasteiger partial charge < -0.3 is 43.9 Å². The van der Waals surface area contributed by atoms with Crippen LogP contribution in [0.3, 0.4) is 0 Å². The molecule has 1 aromatic carbocycles. The van der Waals surface area contributed by atoms with Crippen LogP contribution in [0.25, 0.3) is 33.4 Å². The molecule has 3 aromatic heterocycles. The highest BCUT2D eigenvalue weighted by Gasteiger charge is 2.48. The molecule has 4 aliphatic heterocycles. The van der Waals surface area contributed by atoms with E-state index in [0.717, 1.165) is 89.4 Å².